The Hall–Kier alpha value is -1.70. The topological polar surface area (TPSA) is 89.9 Å². The van der Waals surface area contributed by atoms with Gasteiger partial charge in [-0.25, -0.2) is 4.79 Å². The Labute approximate surface area is 101 Å². The van der Waals surface area contributed by atoms with Gasteiger partial charge in [0.1, 0.15) is 11.8 Å². The number of carboxylic acid groups (broad SMARTS) is 1. The second-order valence-corrected chi connectivity index (χ2v) is 4.28. The van der Waals surface area contributed by atoms with E-state index in [0.717, 1.165) is 0 Å². The highest BCUT2D eigenvalue weighted by Crippen LogP contribution is 2.11. The summed E-state index contributed by atoms with van der Waals surface area (Å²) in [6, 6.07) is 6.92. The standard InChI is InChI=1S/C10H12NO5Si/c12-9(13)6-8(11(15)17)10(14)16-7-4-2-1-3-5-7/h1-5,8H,6H2,17H3,(H,12,13)/q-1/t8-/m0/s1. The molecule has 1 aromatic carbocycles. The minimum Gasteiger partial charge on any atom is -0.792 e. The molecule has 0 radical (unpaired) electrons. The van der Waals surface area contributed by atoms with E-state index in [9.17, 15) is 14.8 Å². The lowest BCUT2D eigenvalue weighted by atomic mass is 10.2. The number of carbonyl (C=O) groups excluding carboxylic acids is 1. The molecule has 0 aromatic heterocycles. The summed E-state index contributed by atoms with van der Waals surface area (Å²) >= 11 is 0. The van der Waals surface area contributed by atoms with Crippen molar-refractivity contribution in [3.8, 4) is 5.75 Å². The van der Waals surface area contributed by atoms with Crippen LogP contribution in [0.5, 0.6) is 5.75 Å². The van der Waals surface area contributed by atoms with Crippen LogP contribution in [0.15, 0.2) is 30.3 Å². The number of rotatable bonds is 5. The molecule has 1 rings (SSSR count). The highest BCUT2D eigenvalue weighted by molar-refractivity contribution is 6.07. The van der Waals surface area contributed by atoms with Gasteiger partial charge in [-0.1, -0.05) is 18.2 Å². The molecule has 92 valence electrons. The Bertz CT molecular complexity index is 395. The van der Waals surface area contributed by atoms with Gasteiger partial charge in [0, 0.05) is 0 Å². The van der Waals surface area contributed by atoms with Crippen LogP contribution in [0.1, 0.15) is 6.42 Å². The summed E-state index contributed by atoms with van der Waals surface area (Å²) in [6.45, 7) is 0. The van der Waals surface area contributed by atoms with Gasteiger partial charge in [0.25, 0.3) is 0 Å². The monoisotopic (exact) mass is 254 g/mol. The van der Waals surface area contributed by atoms with E-state index in [2.05, 4.69) is 0 Å². The summed E-state index contributed by atoms with van der Waals surface area (Å²) in [5.74, 6) is -1.77. The fourth-order valence-electron chi connectivity index (χ4n) is 1.20. The van der Waals surface area contributed by atoms with Gasteiger partial charge in [-0.15, -0.1) is 0 Å². The lowest BCUT2D eigenvalue weighted by Gasteiger charge is -2.30. The molecular weight excluding hydrogens is 242 g/mol. The molecule has 1 atom stereocenters. The van der Waals surface area contributed by atoms with Crippen LogP contribution in [0.4, 0.5) is 0 Å². The number of nitrogens with zero attached hydrogens (tertiary/aromatic N) is 1. The molecule has 1 aromatic rings. The first-order valence-electron chi connectivity index (χ1n) is 4.89. The molecule has 7 heteroatoms. The van der Waals surface area contributed by atoms with Crippen LogP contribution in [0.3, 0.4) is 0 Å². The van der Waals surface area contributed by atoms with Gasteiger partial charge in [0.2, 0.25) is 0 Å². The third-order valence-electron chi connectivity index (χ3n) is 2.04. The van der Waals surface area contributed by atoms with Crippen molar-refractivity contribution in [1.82, 2.24) is 4.73 Å². The molecule has 6 nitrogen and oxygen atoms in total. The Kier molecular flexibility index (Phi) is 4.82. The first kappa shape index (κ1) is 13.4. The average Bonchev–Trinajstić information content (AvgIpc) is 2.26. The highest BCUT2D eigenvalue weighted by atomic mass is 28.2. The van der Waals surface area contributed by atoms with Crippen molar-refractivity contribution in [2.45, 2.75) is 12.5 Å². The third-order valence-corrected chi connectivity index (χ3v) is 2.66. The first-order valence-corrected chi connectivity index (χ1v) is 5.78. The van der Waals surface area contributed by atoms with Crippen molar-refractivity contribution in [1.29, 1.82) is 0 Å². The summed E-state index contributed by atoms with van der Waals surface area (Å²) in [5, 5.41) is 19.7. The average molecular weight is 254 g/mol. The minimum atomic E-state index is -1.28. The van der Waals surface area contributed by atoms with E-state index < -0.39 is 24.4 Å². The van der Waals surface area contributed by atoms with E-state index in [1.165, 1.54) is 0 Å². The molecule has 0 saturated heterocycles. The summed E-state index contributed by atoms with van der Waals surface area (Å²) in [5.41, 5.74) is 0. The Morgan fingerprint density at radius 3 is 2.47 bits per heavy atom. The maximum Gasteiger partial charge on any atom is 0.327 e. The van der Waals surface area contributed by atoms with Crippen molar-refractivity contribution < 1.29 is 19.4 Å². The van der Waals surface area contributed by atoms with E-state index in [0.29, 0.717) is 4.73 Å². The van der Waals surface area contributed by atoms with Gasteiger partial charge in [0.15, 0.2) is 0 Å². The molecule has 0 fully saturated rings. The number of aliphatic carboxylic acids is 1. The van der Waals surface area contributed by atoms with Crippen molar-refractivity contribution >= 4 is 22.3 Å². The maximum atomic E-state index is 11.6. The van der Waals surface area contributed by atoms with Gasteiger partial charge in [-0.05, 0) is 12.1 Å². The molecular formula is C10H12NO5Si-. The number of hydrogen-bond acceptors (Lipinski definition) is 5. The van der Waals surface area contributed by atoms with E-state index in [1.807, 2.05) is 0 Å². The van der Waals surface area contributed by atoms with Crippen LogP contribution in [0.2, 0.25) is 0 Å². The molecule has 17 heavy (non-hydrogen) atoms. The Balaban J connectivity index is 2.69. The SMILES string of the molecule is O=C(O)C[C@@H](C(=O)Oc1ccccc1)N([O-])[SiH3]. The predicted octanol–water partition coefficient (Wildman–Crippen LogP) is -0.484. The van der Waals surface area contributed by atoms with Crippen molar-refractivity contribution in [3.63, 3.8) is 0 Å². The van der Waals surface area contributed by atoms with Crippen molar-refractivity contribution in [3.05, 3.63) is 35.5 Å². The lowest BCUT2D eigenvalue weighted by molar-refractivity contribution is -0.145. The third kappa shape index (κ3) is 4.35. The van der Waals surface area contributed by atoms with Gasteiger partial charge >= 0.3 is 11.9 Å². The quantitative estimate of drug-likeness (QED) is 0.330. The molecule has 0 aliphatic rings. The highest BCUT2D eigenvalue weighted by Gasteiger charge is 2.23. The van der Waals surface area contributed by atoms with Crippen molar-refractivity contribution in [2.75, 3.05) is 0 Å². The molecule has 0 bridgehead atoms. The number of carbonyl (C=O) groups is 2. The van der Waals surface area contributed by atoms with Gasteiger partial charge in [-0.3, -0.25) is 4.79 Å². The first-order chi connectivity index (χ1) is 8.00. The van der Waals surface area contributed by atoms with Crippen LogP contribution < -0.4 is 4.74 Å². The lowest BCUT2D eigenvalue weighted by Crippen LogP contribution is -2.40. The fourth-order valence-corrected chi connectivity index (χ4v) is 1.59. The van der Waals surface area contributed by atoms with E-state index in [1.54, 1.807) is 30.3 Å². The van der Waals surface area contributed by atoms with E-state index >= 15 is 0 Å². The van der Waals surface area contributed by atoms with Crippen LogP contribution in [-0.4, -0.2) is 38.2 Å². The van der Waals surface area contributed by atoms with Crippen LogP contribution >= 0.6 is 0 Å². The van der Waals surface area contributed by atoms with Crippen molar-refractivity contribution in [2.24, 2.45) is 0 Å². The molecule has 0 spiro atoms. The zero-order chi connectivity index (χ0) is 12.8. The summed E-state index contributed by atoms with van der Waals surface area (Å²) in [6.07, 6.45) is -0.557. The number of esters is 1. The Morgan fingerprint density at radius 2 is 2.00 bits per heavy atom. The summed E-state index contributed by atoms with van der Waals surface area (Å²) in [7, 11) is 0.0360. The fraction of sp³-hybridized carbons (Fsp3) is 0.200. The molecule has 0 aliphatic carbocycles. The van der Waals surface area contributed by atoms with Crippen LogP contribution in [0, 0.1) is 5.21 Å². The van der Waals surface area contributed by atoms with Gasteiger partial charge in [-0.2, -0.15) is 0 Å². The molecule has 0 unspecified atom stereocenters. The number of para-hydroxylation sites is 1. The second-order valence-electron chi connectivity index (χ2n) is 3.39. The number of benzene rings is 1. The number of ether oxygens (including phenoxy) is 1. The molecule has 0 saturated carbocycles. The second kappa shape index (κ2) is 6.14. The molecule has 1 N–H and O–H groups in total. The van der Waals surface area contributed by atoms with Gasteiger partial charge < -0.3 is 19.8 Å². The molecule has 0 heterocycles. The molecule has 0 aliphatic heterocycles. The van der Waals surface area contributed by atoms with Crippen LogP contribution in [0.25, 0.3) is 0 Å². The molecule has 0 amide bonds. The van der Waals surface area contributed by atoms with Crippen LogP contribution in [-0.2, 0) is 9.59 Å². The zero-order valence-corrected chi connectivity index (χ0v) is 11.2. The van der Waals surface area contributed by atoms with E-state index in [-0.39, 0.29) is 16.2 Å². The van der Waals surface area contributed by atoms with Gasteiger partial charge in [0.05, 0.1) is 16.8 Å². The maximum absolute atomic E-state index is 11.6. The largest absolute Gasteiger partial charge is 0.792 e. The number of hydrogen-bond donors (Lipinski definition) is 1. The normalized spacial score (nSPS) is 12.4. The zero-order valence-electron chi connectivity index (χ0n) is 9.20. The predicted molar refractivity (Wildman–Crippen MR) is 63.3 cm³/mol. The number of carboxylic acids is 1. The minimum absolute atomic E-state index is 0.0360. The summed E-state index contributed by atoms with van der Waals surface area (Å²) < 4.78 is 5.33. The smallest absolute Gasteiger partial charge is 0.327 e. The Morgan fingerprint density at radius 1 is 1.41 bits per heavy atom. The number of hydroxylamine groups is 1. The van der Waals surface area contributed by atoms with E-state index in [4.69, 9.17) is 9.84 Å². The summed E-state index contributed by atoms with van der Waals surface area (Å²) in [4.78, 5) is 22.1.